The first-order valence-electron chi connectivity index (χ1n) is 6.93. The number of esters is 1. The molecule has 6 heteroatoms. The molecule has 0 radical (unpaired) electrons. The van der Waals surface area contributed by atoms with Gasteiger partial charge in [-0.1, -0.05) is 6.92 Å². The SMILES string of the molecule is CN=C(NCC(C)(C)SC)N1CC(C)C(C(=O)OC)C1. The second-order valence-corrected chi connectivity index (χ2v) is 7.39. The minimum Gasteiger partial charge on any atom is -0.469 e. The zero-order valence-electron chi connectivity index (χ0n) is 13.4. The number of guanidine groups is 1. The van der Waals surface area contributed by atoms with Gasteiger partial charge in [-0.2, -0.15) is 11.8 Å². The largest absolute Gasteiger partial charge is 0.469 e. The normalized spacial score (nSPS) is 23.9. The summed E-state index contributed by atoms with van der Waals surface area (Å²) in [6.45, 7) is 8.82. The van der Waals surface area contributed by atoms with E-state index in [-0.39, 0.29) is 22.6 Å². The van der Waals surface area contributed by atoms with E-state index in [1.165, 1.54) is 7.11 Å². The highest BCUT2D eigenvalue weighted by atomic mass is 32.2. The number of methoxy groups -OCH3 is 1. The number of carbonyl (C=O) groups excluding carboxylic acids is 1. The molecule has 0 aromatic rings. The first-order valence-corrected chi connectivity index (χ1v) is 8.15. The molecule has 2 atom stereocenters. The highest BCUT2D eigenvalue weighted by Gasteiger charge is 2.37. The van der Waals surface area contributed by atoms with Crippen LogP contribution in [0, 0.1) is 11.8 Å². The molecular formula is C14H27N3O2S. The van der Waals surface area contributed by atoms with Crippen molar-refractivity contribution in [2.45, 2.75) is 25.5 Å². The van der Waals surface area contributed by atoms with Gasteiger partial charge in [0.15, 0.2) is 5.96 Å². The number of rotatable bonds is 4. The molecule has 1 heterocycles. The zero-order valence-corrected chi connectivity index (χ0v) is 14.2. The minimum absolute atomic E-state index is 0.0629. The van der Waals surface area contributed by atoms with E-state index in [0.717, 1.165) is 19.0 Å². The lowest BCUT2D eigenvalue weighted by atomic mass is 9.99. The minimum atomic E-state index is -0.125. The van der Waals surface area contributed by atoms with Crippen LogP contribution in [0.1, 0.15) is 20.8 Å². The van der Waals surface area contributed by atoms with Crippen LogP contribution in [-0.2, 0) is 9.53 Å². The summed E-state index contributed by atoms with van der Waals surface area (Å²) < 4.78 is 5.02. The molecule has 0 aromatic heterocycles. The highest BCUT2D eigenvalue weighted by molar-refractivity contribution is 7.99. The van der Waals surface area contributed by atoms with Gasteiger partial charge in [-0.3, -0.25) is 9.79 Å². The van der Waals surface area contributed by atoms with Crippen molar-refractivity contribution in [3.05, 3.63) is 0 Å². The third-order valence-corrected chi connectivity index (χ3v) is 5.10. The Balaban J connectivity index is 2.63. The Morgan fingerprint density at radius 1 is 1.50 bits per heavy atom. The molecule has 0 aromatic carbocycles. The summed E-state index contributed by atoms with van der Waals surface area (Å²) in [6.07, 6.45) is 2.11. The Kier molecular flexibility index (Phi) is 6.17. The van der Waals surface area contributed by atoms with Gasteiger partial charge in [0.2, 0.25) is 0 Å². The zero-order chi connectivity index (χ0) is 15.3. The maximum absolute atomic E-state index is 11.7. The van der Waals surface area contributed by atoms with E-state index < -0.39 is 0 Å². The number of nitrogens with zero attached hydrogens (tertiary/aromatic N) is 2. The third-order valence-electron chi connectivity index (χ3n) is 3.85. The fourth-order valence-electron chi connectivity index (χ4n) is 2.29. The molecule has 0 saturated carbocycles. The topological polar surface area (TPSA) is 53.9 Å². The van der Waals surface area contributed by atoms with Crippen molar-refractivity contribution in [3.8, 4) is 0 Å². The molecule has 0 aliphatic carbocycles. The van der Waals surface area contributed by atoms with Crippen molar-refractivity contribution < 1.29 is 9.53 Å². The van der Waals surface area contributed by atoms with Crippen LogP contribution in [0.4, 0.5) is 0 Å². The van der Waals surface area contributed by atoms with E-state index in [0.29, 0.717) is 6.54 Å². The lowest BCUT2D eigenvalue weighted by Crippen LogP contribution is -2.45. The molecule has 2 unspecified atom stereocenters. The van der Waals surface area contributed by atoms with Crippen molar-refractivity contribution in [1.82, 2.24) is 10.2 Å². The first-order chi connectivity index (χ1) is 9.34. The van der Waals surface area contributed by atoms with E-state index in [2.05, 4.69) is 42.2 Å². The molecule has 5 nitrogen and oxygen atoms in total. The second-order valence-electron chi connectivity index (χ2n) is 5.88. The third kappa shape index (κ3) is 4.30. The van der Waals surface area contributed by atoms with Gasteiger partial charge in [0.25, 0.3) is 0 Å². The molecule has 20 heavy (non-hydrogen) atoms. The first kappa shape index (κ1) is 17.1. The molecule has 1 N–H and O–H groups in total. The van der Waals surface area contributed by atoms with Gasteiger partial charge < -0.3 is 15.0 Å². The van der Waals surface area contributed by atoms with Gasteiger partial charge in [0, 0.05) is 31.4 Å². The molecule has 1 rings (SSSR count). The summed E-state index contributed by atoms with van der Waals surface area (Å²) in [7, 11) is 3.23. The summed E-state index contributed by atoms with van der Waals surface area (Å²) in [4.78, 5) is 18.2. The molecule has 1 fully saturated rings. The van der Waals surface area contributed by atoms with Crippen molar-refractivity contribution in [2.75, 3.05) is 40.0 Å². The van der Waals surface area contributed by atoms with Crippen LogP contribution in [0.3, 0.4) is 0 Å². The van der Waals surface area contributed by atoms with Gasteiger partial charge in [-0.25, -0.2) is 0 Å². The Hall–Kier alpha value is -0.910. The monoisotopic (exact) mass is 301 g/mol. The van der Waals surface area contributed by atoms with Gasteiger partial charge in [0.05, 0.1) is 13.0 Å². The summed E-state index contributed by atoms with van der Waals surface area (Å²) in [5, 5.41) is 3.40. The molecular weight excluding hydrogens is 274 g/mol. The van der Waals surface area contributed by atoms with E-state index in [1.807, 2.05) is 11.8 Å². The van der Waals surface area contributed by atoms with E-state index in [4.69, 9.17) is 4.74 Å². The fourth-order valence-corrected chi connectivity index (χ4v) is 2.51. The molecule has 1 saturated heterocycles. The maximum Gasteiger partial charge on any atom is 0.310 e. The standard InChI is InChI=1S/C14H27N3O2S/c1-10-7-17(8-11(10)12(18)19-5)13(15-4)16-9-14(2,3)20-6/h10-11H,7-9H2,1-6H3,(H,15,16). The van der Waals surface area contributed by atoms with Crippen LogP contribution in [0.25, 0.3) is 0 Å². The molecule has 116 valence electrons. The van der Waals surface area contributed by atoms with Gasteiger partial charge >= 0.3 is 5.97 Å². The van der Waals surface area contributed by atoms with Gasteiger partial charge in [-0.05, 0) is 26.0 Å². The van der Waals surface area contributed by atoms with Crippen LogP contribution in [0.2, 0.25) is 0 Å². The summed E-state index contributed by atoms with van der Waals surface area (Å²) in [6, 6.07) is 0. The number of hydrogen-bond donors (Lipinski definition) is 1. The maximum atomic E-state index is 11.7. The molecule has 0 spiro atoms. The number of likely N-dealkylation sites (tertiary alicyclic amines) is 1. The van der Waals surface area contributed by atoms with E-state index in [9.17, 15) is 4.79 Å². The Bertz CT molecular complexity index is 371. The van der Waals surface area contributed by atoms with Crippen molar-refractivity contribution >= 4 is 23.7 Å². The van der Waals surface area contributed by atoms with Gasteiger partial charge in [-0.15, -0.1) is 0 Å². The number of ether oxygens (including phenoxy) is 1. The van der Waals surface area contributed by atoms with Crippen LogP contribution >= 0.6 is 11.8 Å². The van der Waals surface area contributed by atoms with Crippen LogP contribution in [-0.4, -0.2) is 61.6 Å². The summed E-state index contributed by atoms with van der Waals surface area (Å²) in [5.74, 6) is 0.965. The smallest absolute Gasteiger partial charge is 0.310 e. The van der Waals surface area contributed by atoms with Crippen LogP contribution < -0.4 is 5.32 Å². The summed E-state index contributed by atoms with van der Waals surface area (Å²) in [5.41, 5.74) is 0. The molecule has 0 bridgehead atoms. The Morgan fingerprint density at radius 3 is 2.65 bits per heavy atom. The predicted octanol–water partition coefficient (Wildman–Crippen LogP) is 1.44. The molecule has 1 aliphatic rings. The number of carbonyl (C=O) groups is 1. The van der Waals surface area contributed by atoms with Gasteiger partial charge in [0.1, 0.15) is 0 Å². The van der Waals surface area contributed by atoms with E-state index in [1.54, 1.807) is 7.05 Å². The molecule has 1 aliphatic heterocycles. The fraction of sp³-hybridized carbons (Fsp3) is 0.857. The van der Waals surface area contributed by atoms with Crippen LogP contribution in [0.5, 0.6) is 0 Å². The van der Waals surface area contributed by atoms with Crippen molar-refractivity contribution in [2.24, 2.45) is 16.8 Å². The Morgan fingerprint density at radius 2 is 2.15 bits per heavy atom. The average Bonchev–Trinajstić information content (AvgIpc) is 2.80. The summed E-state index contributed by atoms with van der Waals surface area (Å²) >= 11 is 1.82. The van der Waals surface area contributed by atoms with Crippen molar-refractivity contribution in [1.29, 1.82) is 0 Å². The highest BCUT2D eigenvalue weighted by Crippen LogP contribution is 2.24. The number of hydrogen-bond acceptors (Lipinski definition) is 4. The second kappa shape index (κ2) is 7.20. The van der Waals surface area contributed by atoms with E-state index >= 15 is 0 Å². The Labute approximate surface area is 126 Å². The molecule has 0 amide bonds. The van der Waals surface area contributed by atoms with Crippen LogP contribution in [0.15, 0.2) is 4.99 Å². The average molecular weight is 301 g/mol. The number of nitrogens with one attached hydrogen (secondary N) is 1. The lowest BCUT2D eigenvalue weighted by molar-refractivity contribution is -0.145. The lowest BCUT2D eigenvalue weighted by Gasteiger charge is -2.27. The van der Waals surface area contributed by atoms with Crippen molar-refractivity contribution in [3.63, 3.8) is 0 Å². The number of aliphatic imine (C=N–C) groups is 1. The predicted molar refractivity (Wildman–Crippen MR) is 85.2 cm³/mol. The number of thioether (sulfide) groups is 1. The quantitative estimate of drug-likeness (QED) is 0.484.